The standard InChI is InChI=1S/C32H61N2O6P/c1-6-8-9-10-11-12-13-14-15-16-17-18-19-20-21-22-23-24-25-26-31(35)30(33-32(36)7-2)29-40-41(37,38)39-28-27-34(3,4)5/h17-18,21-22,25-26,30-31,35H,6-16,19-20,23-24,27-29H2,1-5H3,(H-,33,36,37,38)/p+1/b18-17+,22-21+,26-25+. The molecule has 3 unspecified atom stereocenters. The van der Waals surface area contributed by atoms with Crippen LogP contribution in [0.25, 0.3) is 0 Å². The molecular formula is C32H62N2O6P+. The number of aliphatic hydroxyl groups is 1. The summed E-state index contributed by atoms with van der Waals surface area (Å²) in [5.41, 5.74) is 0. The van der Waals surface area contributed by atoms with Crippen LogP contribution < -0.4 is 5.32 Å². The van der Waals surface area contributed by atoms with E-state index in [0.717, 1.165) is 25.7 Å². The summed E-state index contributed by atoms with van der Waals surface area (Å²) in [6, 6.07) is -0.862. The number of nitrogens with one attached hydrogen (secondary N) is 1. The zero-order valence-corrected chi connectivity index (χ0v) is 27.7. The van der Waals surface area contributed by atoms with Gasteiger partial charge >= 0.3 is 7.82 Å². The van der Waals surface area contributed by atoms with Gasteiger partial charge in [0.25, 0.3) is 0 Å². The second-order valence-corrected chi connectivity index (χ2v) is 13.2. The Morgan fingerprint density at radius 3 is 1.85 bits per heavy atom. The number of allylic oxidation sites excluding steroid dienone is 5. The number of quaternary nitrogens is 1. The lowest BCUT2D eigenvalue weighted by Crippen LogP contribution is -2.45. The Morgan fingerprint density at radius 2 is 1.32 bits per heavy atom. The van der Waals surface area contributed by atoms with Gasteiger partial charge in [-0.25, -0.2) is 4.57 Å². The average molecular weight is 602 g/mol. The highest BCUT2D eigenvalue weighted by atomic mass is 31.2. The SMILES string of the molecule is CCCCCCCCCCC/C=C/CC/C=C/CC/C=C/C(O)C(COP(=O)(O)OCC[N+](C)(C)C)NC(=O)CC. The van der Waals surface area contributed by atoms with Gasteiger partial charge in [-0.3, -0.25) is 13.8 Å². The predicted octanol–water partition coefficient (Wildman–Crippen LogP) is 7.23. The minimum Gasteiger partial charge on any atom is -0.387 e. The first-order valence-electron chi connectivity index (χ1n) is 15.9. The fourth-order valence-electron chi connectivity index (χ4n) is 3.98. The third-order valence-electron chi connectivity index (χ3n) is 6.65. The van der Waals surface area contributed by atoms with Crippen LogP contribution in [-0.4, -0.2) is 73.4 Å². The summed E-state index contributed by atoms with van der Waals surface area (Å²) in [6.07, 6.45) is 28.6. The van der Waals surface area contributed by atoms with Gasteiger partial charge in [0.2, 0.25) is 5.91 Å². The van der Waals surface area contributed by atoms with E-state index in [4.69, 9.17) is 9.05 Å². The number of amides is 1. The molecule has 0 aromatic heterocycles. The van der Waals surface area contributed by atoms with Crippen molar-refractivity contribution in [2.45, 2.75) is 122 Å². The molecule has 0 rings (SSSR count). The molecule has 0 saturated carbocycles. The first-order chi connectivity index (χ1) is 19.5. The van der Waals surface area contributed by atoms with E-state index in [-0.39, 0.29) is 25.5 Å². The maximum Gasteiger partial charge on any atom is 0.472 e. The molecule has 0 saturated heterocycles. The molecule has 1 amide bonds. The average Bonchev–Trinajstić information content (AvgIpc) is 2.91. The van der Waals surface area contributed by atoms with Crippen molar-refractivity contribution >= 4 is 13.7 Å². The maximum absolute atomic E-state index is 12.2. The topological polar surface area (TPSA) is 105 Å². The van der Waals surface area contributed by atoms with Crippen molar-refractivity contribution in [3.8, 4) is 0 Å². The molecule has 240 valence electrons. The highest BCUT2D eigenvalue weighted by molar-refractivity contribution is 7.47. The van der Waals surface area contributed by atoms with E-state index in [2.05, 4.69) is 36.5 Å². The van der Waals surface area contributed by atoms with E-state index in [1.807, 2.05) is 27.2 Å². The highest BCUT2D eigenvalue weighted by Gasteiger charge is 2.27. The van der Waals surface area contributed by atoms with E-state index >= 15 is 0 Å². The predicted molar refractivity (Wildman–Crippen MR) is 171 cm³/mol. The van der Waals surface area contributed by atoms with Crippen LogP contribution in [0.1, 0.15) is 110 Å². The summed E-state index contributed by atoms with van der Waals surface area (Å²) < 4.78 is 22.9. The van der Waals surface area contributed by atoms with Gasteiger partial charge in [0.1, 0.15) is 13.2 Å². The lowest BCUT2D eigenvalue weighted by atomic mass is 10.1. The van der Waals surface area contributed by atoms with Gasteiger partial charge < -0.3 is 19.8 Å². The Balaban J connectivity index is 4.17. The Kier molecular flexibility index (Phi) is 24.5. The molecule has 9 heteroatoms. The van der Waals surface area contributed by atoms with Crippen LogP contribution in [0.3, 0.4) is 0 Å². The third kappa shape index (κ3) is 27.3. The van der Waals surface area contributed by atoms with Crippen LogP contribution in [0.15, 0.2) is 36.5 Å². The summed E-state index contributed by atoms with van der Waals surface area (Å²) >= 11 is 0. The van der Waals surface area contributed by atoms with Gasteiger partial charge in [-0.1, -0.05) is 102 Å². The van der Waals surface area contributed by atoms with Gasteiger partial charge in [-0.15, -0.1) is 0 Å². The first-order valence-corrected chi connectivity index (χ1v) is 17.4. The summed E-state index contributed by atoms with van der Waals surface area (Å²) in [4.78, 5) is 21.9. The van der Waals surface area contributed by atoms with E-state index < -0.39 is 20.0 Å². The van der Waals surface area contributed by atoms with Crippen LogP contribution >= 0.6 is 7.82 Å². The van der Waals surface area contributed by atoms with E-state index in [1.165, 1.54) is 64.2 Å². The maximum atomic E-state index is 12.2. The van der Waals surface area contributed by atoms with E-state index in [1.54, 1.807) is 13.0 Å². The molecule has 0 aliphatic carbocycles. The Bertz CT molecular complexity index is 779. The molecule has 0 heterocycles. The number of aliphatic hydroxyl groups excluding tert-OH is 1. The van der Waals surface area contributed by atoms with Crippen molar-refractivity contribution in [1.82, 2.24) is 5.32 Å². The number of hydrogen-bond acceptors (Lipinski definition) is 5. The Labute approximate surface area is 251 Å². The Morgan fingerprint density at radius 1 is 0.805 bits per heavy atom. The number of unbranched alkanes of at least 4 members (excludes halogenated alkanes) is 11. The van der Waals surface area contributed by atoms with Crippen molar-refractivity contribution < 1.29 is 32.9 Å². The summed E-state index contributed by atoms with van der Waals surface area (Å²) in [6.45, 7) is 4.19. The minimum absolute atomic E-state index is 0.0505. The van der Waals surface area contributed by atoms with Crippen LogP contribution in [-0.2, 0) is 18.4 Å². The molecule has 3 N–H and O–H groups in total. The van der Waals surface area contributed by atoms with E-state index in [0.29, 0.717) is 11.0 Å². The zero-order valence-electron chi connectivity index (χ0n) is 26.8. The summed E-state index contributed by atoms with van der Waals surface area (Å²) in [5.74, 6) is -0.282. The van der Waals surface area contributed by atoms with Crippen molar-refractivity contribution in [1.29, 1.82) is 0 Å². The molecular weight excluding hydrogens is 539 g/mol. The zero-order chi connectivity index (χ0) is 30.8. The molecule has 41 heavy (non-hydrogen) atoms. The lowest BCUT2D eigenvalue weighted by Gasteiger charge is -2.25. The normalized spacial score (nSPS) is 15.6. The number of carbonyl (C=O) groups excluding carboxylic acids is 1. The number of likely N-dealkylation sites (N-methyl/N-ethyl adjacent to an activating group) is 1. The van der Waals surface area contributed by atoms with Gasteiger partial charge in [-0.2, -0.15) is 0 Å². The van der Waals surface area contributed by atoms with E-state index in [9.17, 15) is 19.4 Å². The summed E-state index contributed by atoms with van der Waals surface area (Å²) in [7, 11) is 1.53. The Hall–Kier alpha value is -1.28. The smallest absolute Gasteiger partial charge is 0.387 e. The first kappa shape index (κ1) is 39.7. The molecule has 0 bridgehead atoms. The lowest BCUT2D eigenvalue weighted by molar-refractivity contribution is -0.870. The second kappa shape index (κ2) is 25.2. The van der Waals surface area contributed by atoms with Gasteiger partial charge in [0.15, 0.2) is 0 Å². The number of hydrogen-bond donors (Lipinski definition) is 3. The molecule has 3 atom stereocenters. The molecule has 8 nitrogen and oxygen atoms in total. The van der Waals surface area contributed by atoms with Gasteiger partial charge in [0.05, 0.1) is 39.9 Å². The van der Waals surface area contributed by atoms with Crippen molar-refractivity contribution in [2.24, 2.45) is 0 Å². The van der Waals surface area contributed by atoms with Crippen LogP contribution in [0, 0.1) is 0 Å². The number of phosphoric ester groups is 1. The fourth-order valence-corrected chi connectivity index (χ4v) is 4.71. The van der Waals surface area contributed by atoms with Gasteiger partial charge in [0, 0.05) is 6.42 Å². The molecule has 0 aromatic rings. The van der Waals surface area contributed by atoms with Crippen molar-refractivity contribution in [3.05, 3.63) is 36.5 Å². The monoisotopic (exact) mass is 601 g/mol. The quantitative estimate of drug-likeness (QED) is 0.0397. The number of phosphoric acid groups is 1. The second-order valence-electron chi connectivity index (χ2n) is 11.8. The van der Waals surface area contributed by atoms with Crippen LogP contribution in [0.2, 0.25) is 0 Å². The van der Waals surface area contributed by atoms with Crippen LogP contribution in [0.4, 0.5) is 0 Å². The largest absolute Gasteiger partial charge is 0.472 e. The van der Waals surface area contributed by atoms with Crippen molar-refractivity contribution in [3.63, 3.8) is 0 Å². The number of rotatable bonds is 27. The fraction of sp³-hybridized carbons (Fsp3) is 0.781. The van der Waals surface area contributed by atoms with Crippen LogP contribution in [0.5, 0.6) is 0 Å². The summed E-state index contributed by atoms with van der Waals surface area (Å²) in [5, 5.41) is 13.2. The molecule has 0 radical (unpaired) electrons. The molecule has 0 aromatic carbocycles. The van der Waals surface area contributed by atoms with Gasteiger partial charge in [-0.05, 0) is 38.5 Å². The molecule has 0 aliphatic rings. The molecule has 0 spiro atoms. The molecule has 0 fully saturated rings. The molecule has 0 aliphatic heterocycles. The third-order valence-corrected chi connectivity index (χ3v) is 7.64. The number of nitrogens with zero attached hydrogens (tertiary/aromatic N) is 1. The van der Waals surface area contributed by atoms with Crippen molar-refractivity contribution in [2.75, 3.05) is 40.9 Å². The number of carbonyl (C=O) groups is 1. The highest BCUT2D eigenvalue weighted by Crippen LogP contribution is 2.43. The minimum atomic E-state index is -4.30.